The minimum Gasteiger partial charge on any atom is -0.0771 e. The zero-order chi connectivity index (χ0) is 9.10. The normalized spacial score (nSPS) is 10.5. The summed E-state index contributed by atoms with van der Waals surface area (Å²) >= 11 is 0. The first kappa shape index (κ1) is 8.37. The molecule has 0 spiro atoms. The van der Waals surface area contributed by atoms with Gasteiger partial charge in [0.25, 0.3) is 0 Å². The Labute approximate surface area is 80.0 Å². The molecule has 2 aromatic carbocycles. The summed E-state index contributed by atoms with van der Waals surface area (Å²) in [6.07, 6.45) is 2.40. The van der Waals surface area contributed by atoms with Gasteiger partial charge in [0.2, 0.25) is 0 Å². The van der Waals surface area contributed by atoms with Gasteiger partial charge in [-0.3, -0.25) is 0 Å². The minimum atomic E-state index is 1.18. The molecule has 0 aliphatic rings. The van der Waals surface area contributed by atoms with Gasteiger partial charge in [-0.15, -0.1) is 0 Å². The van der Waals surface area contributed by atoms with Gasteiger partial charge in [-0.1, -0.05) is 48.8 Å². The molecule has 0 nitrogen and oxygen atoms in total. The van der Waals surface area contributed by atoms with Crippen molar-refractivity contribution in [3.05, 3.63) is 48.0 Å². The number of rotatable bonds is 2. The predicted molar refractivity (Wildman–Crippen MR) is 61.0 cm³/mol. The molecule has 0 fully saturated rings. The molecule has 0 saturated heterocycles. The Morgan fingerprint density at radius 3 is 2.54 bits per heavy atom. The largest absolute Gasteiger partial charge is 0.101 e. The molecule has 2 rings (SSSR count). The zero-order valence-electron chi connectivity index (χ0n) is 7.96. The van der Waals surface area contributed by atoms with Crippen LogP contribution in [0.5, 0.6) is 0 Å². The fraction of sp³-hybridized carbons (Fsp3) is 0.167. The monoisotopic (exact) mass is 168 g/mol. The Morgan fingerprint density at radius 1 is 0.923 bits per heavy atom. The number of aryl methyl sites for hydroxylation is 1. The molecule has 0 saturated carbocycles. The van der Waals surface area contributed by atoms with Crippen molar-refractivity contribution in [3.8, 4) is 0 Å². The van der Waals surface area contributed by atoms with Crippen molar-refractivity contribution in [1.82, 2.24) is 0 Å². The Hall–Kier alpha value is -1.24. The highest BCUT2D eigenvalue weighted by atomic mass is 14.0. The number of benzene rings is 2. The van der Waals surface area contributed by atoms with Gasteiger partial charge in [0.15, 0.2) is 0 Å². The lowest BCUT2D eigenvalue weighted by atomic mass is 9.94. The molecule has 0 aliphatic carbocycles. The molecular formula is C12H13B. The summed E-state index contributed by atoms with van der Waals surface area (Å²) in [4.78, 5) is 0. The smallest absolute Gasteiger partial charge is 0.0771 e. The Bertz CT molecular complexity index is 401. The van der Waals surface area contributed by atoms with Crippen LogP contribution in [-0.4, -0.2) is 7.85 Å². The lowest BCUT2D eigenvalue weighted by molar-refractivity contribution is 1.15. The van der Waals surface area contributed by atoms with E-state index in [9.17, 15) is 0 Å². The molecule has 0 atom stereocenters. The molecule has 0 aliphatic heterocycles. The van der Waals surface area contributed by atoms with Gasteiger partial charge in [-0.2, -0.15) is 0 Å². The molecule has 0 N–H and O–H groups in total. The van der Waals surface area contributed by atoms with Gasteiger partial charge in [-0.05, 0) is 22.8 Å². The standard InChI is InChI=1S/C12H13B/c13-9-8-11-6-3-5-10-4-1-2-7-12(10)11/h1-7H,8-9,13H2. The lowest BCUT2D eigenvalue weighted by Crippen LogP contribution is -1.85. The van der Waals surface area contributed by atoms with Crippen LogP contribution in [0.3, 0.4) is 0 Å². The fourth-order valence-corrected chi connectivity index (χ4v) is 1.78. The molecule has 64 valence electrons. The van der Waals surface area contributed by atoms with Gasteiger partial charge in [0.1, 0.15) is 7.85 Å². The summed E-state index contributed by atoms with van der Waals surface area (Å²) in [5.74, 6) is 0. The third-order valence-electron chi connectivity index (χ3n) is 2.40. The Kier molecular flexibility index (Phi) is 2.35. The quantitative estimate of drug-likeness (QED) is 0.604. The minimum absolute atomic E-state index is 1.18. The second kappa shape index (κ2) is 3.65. The number of fused-ring (bicyclic) bond motifs is 1. The van der Waals surface area contributed by atoms with Gasteiger partial charge < -0.3 is 0 Å². The molecule has 0 heterocycles. The molecular weight excluding hydrogens is 155 g/mol. The van der Waals surface area contributed by atoms with E-state index in [1.165, 1.54) is 29.1 Å². The van der Waals surface area contributed by atoms with Crippen LogP contribution in [0.15, 0.2) is 42.5 Å². The summed E-state index contributed by atoms with van der Waals surface area (Å²) in [5.41, 5.74) is 1.47. The van der Waals surface area contributed by atoms with E-state index >= 15 is 0 Å². The summed E-state index contributed by atoms with van der Waals surface area (Å²) < 4.78 is 0. The first-order chi connectivity index (χ1) is 6.42. The van der Waals surface area contributed by atoms with E-state index < -0.39 is 0 Å². The van der Waals surface area contributed by atoms with Crippen molar-refractivity contribution < 1.29 is 0 Å². The molecule has 0 radical (unpaired) electrons. The van der Waals surface area contributed by atoms with Crippen molar-refractivity contribution in [2.45, 2.75) is 12.7 Å². The van der Waals surface area contributed by atoms with Crippen molar-refractivity contribution in [2.75, 3.05) is 0 Å². The van der Waals surface area contributed by atoms with Gasteiger partial charge in [-0.25, -0.2) is 0 Å². The average molecular weight is 168 g/mol. The van der Waals surface area contributed by atoms with E-state index in [2.05, 4.69) is 50.3 Å². The first-order valence-electron chi connectivity index (χ1n) is 4.88. The van der Waals surface area contributed by atoms with E-state index in [0.29, 0.717) is 0 Å². The molecule has 2 aromatic rings. The summed E-state index contributed by atoms with van der Waals surface area (Å²) in [5, 5.41) is 2.76. The van der Waals surface area contributed by atoms with Crippen LogP contribution in [0, 0.1) is 0 Å². The van der Waals surface area contributed by atoms with Gasteiger partial charge in [0, 0.05) is 0 Å². The lowest BCUT2D eigenvalue weighted by Gasteiger charge is -2.03. The van der Waals surface area contributed by atoms with Crippen LogP contribution < -0.4 is 0 Å². The second-order valence-corrected chi connectivity index (χ2v) is 3.39. The predicted octanol–water partition coefficient (Wildman–Crippen LogP) is 2.43. The molecule has 1 heteroatoms. The molecule has 0 amide bonds. The highest BCUT2D eigenvalue weighted by molar-refractivity contribution is 6.08. The highest BCUT2D eigenvalue weighted by Gasteiger charge is 1.97. The van der Waals surface area contributed by atoms with Gasteiger partial charge in [0.05, 0.1) is 0 Å². The highest BCUT2D eigenvalue weighted by Crippen LogP contribution is 2.19. The third kappa shape index (κ3) is 1.60. The topological polar surface area (TPSA) is 0 Å². The Balaban J connectivity index is 2.61. The van der Waals surface area contributed by atoms with E-state index in [0.717, 1.165) is 0 Å². The van der Waals surface area contributed by atoms with Crippen LogP contribution in [0.2, 0.25) is 6.32 Å². The van der Waals surface area contributed by atoms with E-state index in [4.69, 9.17) is 0 Å². The number of hydrogen-bond acceptors (Lipinski definition) is 0. The first-order valence-corrected chi connectivity index (χ1v) is 4.88. The Morgan fingerprint density at radius 2 is 1.69 bits per heavy atom. The van der Waals surface area contributed by atoms with Crippen LogP contribution in [0.25, 0.3) is 10.8 Å². The average Bonchev–Trinajstić information content (AvgIpc) is 2.19. The second-order valence-electron chi connectivity index (χ2n) is 3.39. The van der Waals surface area contributed by atoms with Crippen molar-refractivity contribution >= 4 is 18.6 Å². The summed E-state index contributed by atoms with van der Waals surface area (Å²) in [7, 11) is 2.22. The third-order valence-corrected chi connectivity index (χ3v) is 2.40. The fourth-order valence-electron chi connectivity index (χ4n) is 1.78. The van der Waals surface area contributed by atoms with Gasteiger partial charge >= 0.3 is 0 Å². The SMILES string of the molecule is BCCc1cccc2ccccc12. The van der Waals surface area contributed by atoms with Crippen molar-refractivity contribution in [1.29, 1.82) is 0 Å². The van der Waals surface area contributed by atoms with Crippen LogP contribution in [-0.2, 0) is 6.42 Å². The molecule has 0 aromatic heterocycles. The molecule has 0 unspecified atom stereocenters. The van der Waals surface area contributed by atoms with E-state index in [1.807, 2.05) is 0 Å². The molecule has 13 heavy (non-hydrogen) atoms. The molecule has 0 bridgehead atoms. The van der Waals surface area contributed by atoms with E-state index in [1.54, 1.807) is 0 Å². The van der Waals surface area contributed by atoms with Crippen LogP contribution >= 0.6 is 0 Å². The summed E-state index contributed by atoms with van der Waals surface area (Å²) in [6, 6.07) is 15.1. The van der Waals surface area contributed by atoms with E-state index in [-0.39, 0.29) is 0 Å². The van der Waals surface area contributed by atoms with Crippen molar-refractivity contribution in [2.24, 2.45) is 0 Å². The maximum atomic E-state index is 2.23. The van der Waals surface area contributed by atoms with Crippen molar-refractivity contribution in [3.63, 3.8) is 0 Å². The summed E-state index contributed by atoms with van der Waals surface area (Å²) in [6.45, 7) is 0. The van der Waals surface area contributed by atoms with Crippen LogP contribution in [0.4, 0.5) is 0 Å². The number of hydrogen-bond donors (Lipinski definition) is 0. The maximum absolute atomic E-state index is 2.23. The maximum Gasteiger partial charge on any atom is 0.101 e. The van der Waals surface area contributed by atoms with Crippen LogP contribution in [0.1, 0.15) is 5.56 Å². The zero-order valence-corrected chi connectivity index (χ0v) is 7.96.